The SMILES string of the molecule is COCC1(C(=O)NCc2cccc(N3CCCC3=O)c2)CCNCC1. The summed E-state index contributed by atoms with van der Waals surface area (Å²) in [4.78, 5) is 26.5. The number of benzene rings is 1. The number of hydrogen-bond donors (Lipinski definition) is 2. The van der Waals surface area contributed by atoms with E-state index >= 15 is 0 Å². The van der Waals surface area contributed by atoms with Crippen LogP contribution >= 0.6 is 0 Å². The highest BCUT2D eigenvalue weighted by atomic mass is 16.5. The maximum atomic E-state index is 12.8. The number of amides is 2. The number of anilines is 1. The summed E-state index contributed by atoms with van der Waals surface area (Å²) in [5, 5.41) is 6.37. The molecule has 0 bridgehead atoms. The lowest BCUT2D eigenvalue weighted by Gasteiger charge is -2.35. The topological polar surface area (TPSA) is 70.7 Å². The van der Waals surface area contributed by atoms with Crippen LogP contribution in [-0.2, 0) is 20.9 Å². The van der Waals surface area contributed by atoms with Gasteiger partial charge in [-0.25, -0.2) is 0 Å². The molecule has 25 heavy (non-hydrogen) atoms. The minimum Gasteiger partial charge on any atom is -0.384 e. The molecule has 0 spiro atoms. The Bertz CT molecular complexity index is 621. The average Bonchev–Trinajstić information content (AvgIpc) is 3.07. The van der Waals surface area contributed by atoms with E-state index in [1.165, 1.54) is 0 Å². The van der Waals surface area contributed by atoms with Gasteiger partial charge in [0.1, 0.15) is 0 Å². The third-order valence-corrected chi connectivity index (χ3v) is 5.21. The molecule has 6 heteroatoms. The van der Waals surface area contributed by atoms with E-state index in [0.717, 1.165) is 50.1 Å². The first kappa shape index (κ1) is 17.9. The molecule has 2 saturated heterocycles. The fourth-order valence-corrected chi connectivity index (χ4v) is 3.74. The van der Waals surface area contributed by atoms with E-state index in [-0.39, 0.29) is 11.8 Å². The molecule has 2 amide bonds. The summed E-state index contributed by atoms with van der Waals surface area (Å²) >= 11 is 0. The van der Waals surface area contributed by atoms with Crippen LogP contribution in [0.3, 0.4) is 0 Å². The Morgan fingerprint density at radius 3 is 2.84 bits per heavy atom. The van der Waals surface area contributed by atoms with E-state index in [2.05, 4.69) is 10.6 Å². The monoisotopic (exact) mass is 345 g/mol. The van der Waals surface area contributed by atoms with Gasteiger partial charge in [0.05, 0.1) is 12.0 Å². The number of piperidine rings is 1. The zero-order chi connectivity index (χ0) is 17.7. The lowest BCUT2D eigenvalue weighted by molar-refractivity contribution is -0.136. The highest BCUT2D eigenvalue weighted by Gasteiger charge is 2.39. The number of carbonyl (C=O) groups excluding carboxylic acids is 2. The predicted octanol–water partition coefficient (Wildman–Crippen LogP) is 1.45. The minimum absolute atomic E-state index is 0.0542. The number of hydrogen-bond acceptors (Lipinski definition) is 4. The molecule has 2 N–H and O–H groups in total. The van der Waals surface area contributed by atoms with E-state index in [1.807, 2.05) is 29.2 Å². The molecule has 2 aliphatic heterocycles. The summed E-state index contributed by atoms with van der Waals surface area (Å²) < 4.78 is 5.32. The molecule has 0 atom stereocenters. The number of carbonyl (C=O) groups is 2. The van der Waals surface area contributed by atoms with Crippen LogP contribution in [-0.4, -0.2) is 45.2 Å². The van der Waals surface area contributed by atoms with Crippen LogP contribution < -0.4 is 15.5 Å². The van der Waals surface area contributed by atoms with E-state index in [4.69, 9.17) is 4.74 Å². The molecule has 6 nitrogen and oxygen atoms in total. The molecule has 0 radical (unpaired) electrons. The van der Waals surface area contributed by atoms with Crippen molar-refractivity contribution >= 4 is 17.5 Å². The van der Waals surface area contributed by atoms with Crippen LogP contribution in [0.25, 0.3) is 0 Å². The van der Waals surface area contributed by atoms with E-state index in [0.29, 0.717) is 19.6 Å². The fourth-order valence-electron chi connectivity index (χ4n) is 3.74. The molecular weight excluding hydrogens is 318 g/mol. The van der Waals surface area contributed by atoms with Gasteiger partial charge in [0, 0.05) is 32.3 Å². The molecule has 1 aromatic carbocycles. The molecule has 0 aromatic heterocycles. The van der Waals surface area contributed by atoms with Crippen LogP contribution in [0.1, 0.15) is 31.2 Å². The van der Waals surface area contributed by atoms with Gasteiger partial charge in [0.15, 0.2) is 0 Å². The summed E-state index contributed by atoms with van der Waals surface area (Å²) in [7, 11) is 1.65. The van der Waals surface area contributed by atoms with Crippen molar-refractivity contribution in [3.8, 4) is 0 Å². The lowest BCUT2D eigenvalue weighted by Crippen LogP contribution is -2.49. The molecule has 136 valence electrons. The van der Waals surface area contributed by atoms with Crippen molar-refractivity contribution in [3.05, 3.63) is 29.8 Å². The molecule has 2 heterocycles. The number of methoxy groups -OCH3 is 1. The Morgan fingerprint density at radius 1 is 1.36 bits per heavy atom. The third-order valence-electron chi connectivity index (χ3n) is 5.21. The smallest absolute Gasteiger partial charge is 0.228 e. The molecular formula is C19H27N3O3. The van der Waals surface area contributed by atoms with Gasteiger partial charge >= 0.3 is 0 Å². The second-order valence-electron chi connectivity index (χ2n) is 6.96. The van der Waals surface area contributed by atoms with Crippen LogP contribution in [0.5, 0.6) is 0 Å². The highest BCUT2D eigenvalue weighted by molar-refractivity contribution is 5.95. The number of nitrogens with one attached hydrogen (secondary N) is 2. The first-order valence-corrected chi connectivity index (χ1v) is 9.02. The van der Waals surface area contributed by atoms with Crippen molar-refractivity contribution in [2.45, 2.75) is 32.2 Å². The number of ether oxygens (including phenoxy) is 1. The van der Waals surface area contributed by atoms with Crippen LogP contribution in [0.15, 0.2) is 24.3 Å². The molecule has 2 aliphatic rings. The quantitative estimate of drug-likeness (QED) is 0.819. The van der Waals surface area contributed by atoms with Gasteiger partial charge in [-0.3, -0.25) is 9.59 Å². The van der Waals surface area contributed by atoms with Crippen molar-refractivity contribution in [1.82, 2.24) is 10.6 Å². The molecule has 0 unspecified atom stereocenters. The van der Waals surface area contributed by atoms with Gasteiger partial charge in [0.2, 0.25) is 11.8 Å². The van der Waals surface area contributed by atoms with Crippen molar-refractivity contribution < 1.29 is 14.3 Å². The fraction of sp³-hybridized carbons (Fsp3) is 0.579. The van der Waals surface area contributed by atoms with Crippen molar-refractivity contribution in [3.63, 3.8) is 0 Å². The summed E-state index contributed by atoms with van der Waals surface area (Å²) in [5.74, 6) is 0.230. The van der Waals surface area contributed by atoms with Crippen molar-refractivity contribution in [2.75, 3.05) is 38.3 Å². The van der Waals surface area contributed by atoms with E-state index < -0.39 is 5.41 Å². The van der Waals surface area contributed by atoms with Crippen molar-refractivity contribution in [1.29, 1.82) is 0 Å². The predicted molar refractivity (Wildman–Crippen MR) is 96.3 cm³/mol. The Balaban J connectivity index is 1.64. The molecule has 0 aliphatic carbocycles. The van der Waals surface area contributed by atoms with Crippen LogP contribution in [0.2, 0.25) is 0 Å². The average molecular weight is 345 g/mol. The summed E-state index contributed by atoms with van der Waals surface area (Å²) in [6, 6.07) is 7.87. The first-order valence-electron chi connectivity index (χ1n) is 9.02. The van der Waals surface area contributed by atoms with Gasteiger partial charge in [-0.05, 0) is 50.0 Å². The van der Waals surface area contributed by atoms with E-state index in [1.54, 1.807) is 7.11 Å². The Morgan fingerprint density at radius 2 is 2.16 bits per heavy atom. The van der Waals surface area contributed by atoms with Crippen molar-refractivity contribution in [2.24, 2.45) is 5.41 Å². The summed E-state index contributed by atoms with van der Waals surface area (Å²) in [5.41, 5.74) is 1.48. The Kier molecular flexibility index (Phi) is 5.71. The lowest BCUT2D eigenvalue weighted by atomic mass is 9.78. The molecule has 1 aromatic rings. The maximum absolute atomic E-state index is 12.8. The summed E-state index contributed by atoms with van der Waals surface area (Å²) in [6.45, 7) is 3.36. The second kappa shape index (κ2) is 7.97. The first-order chi connectivity index (χ1) is 12.1. The van der Waals surface area contributed by atoms with Gasteiger partial charge in [-0.2, -0.15) is 0 Å². The highest BCUT2D eigenvalue weighted by Crippen LogP contribution is 2.29. The minimum atomic E-state index is -0.442. The zero-order valence-electron chi connectivity index (χ0n) is 14.8. The zero-order valence-corrected chi connectivity index (χ0v) is 14.8. The molecule has 0 saturated carbocycles. The molecule has 2 fully saturated rings. The number of rotatable bonds is 6. The van der Waals surface area contributed by atoms with Crippen LogP contribution in [0.4, 0.5) is 5.69 Å². The van der Waals surface area contributed by atoms with Gasteiger partial charge in [0.25, 0.3) is 0 Å². The summed E-state index contributed by atoms with van der Waals surface area (Å²) in [6.07, 6.45) is 3.10. The standard InChI is InChI=1S/C19H27N3O3/c1-25-14-19(7-9-20-10-8-19)18(24)21-13-15-4-2-5-16(12-15)22-11-3-6-17(22)23/h2,4-5,12,20H,3,6-11,13-14H2,1H3,(H,21,24). The van der Waals surface area contributed by atoms with Gasteiger partial charge < -0.3 is 20.3 Å². The van der Waals surface area contributed by atoms with E-state index in [9.17, 15) is 9.59 Å². The maximum Gasteiger partial charge on any atom is 0.228 e. The largest absolute Gasteiger partial charge is 0.384 e. The normalized spacial score (nSPS) is 19.9. The van der Waals surface area contributed by atoms with Gasteiger partial charge in [-0.15, -0.1) is 0 Å². The third kappa shape index (κ3) is 4.02. The van der Waals surface area contributed by atoms with Crippen LogP contribution in [0, 0.1) is 5.41 Å². The molecule has 3 rings (SSSR count). The van der Waals surface area contributed by atoms with Gasteiger partial charge in [-0.1, -0.05) is 12.1 Å². The number of nitrogens with zero attached hydrogens (tertiary/aromatic N) is 1. The Labute approximate surface area is 148 Å². The second-order valence-corrected chi connectivity index (χ2v) is 6.96. The Hall–Kier alpha value is -1.92.